The highest BCUT2D eigenvalue weighted by molar-refractivity contribution is 5.81. The number of pyridine rings is 1. The molecule has 8 nitrogen and oxygen atoms in total. The number of aromatic nitrogens is 1. The number of hydrogen-bond donors (Lipinski definition) is 1. The number of nitrogens with zero attached hydrogens (tertiary/aromatic N) is 3. The molecule has 34 heavy (non-hydrogen) atoms. The fraction of sp³-hybridized carbons (Fsp3) is 0.308. The highest BCUT2D eigenvalue weighted by Gasteiger charge is 2.18. The molecule has 1 heterocycles. The van der Waals surface area contributed by atoms with Crippen molar-refractivity contribution in [3.8, 4) is 51.5 Å². The second kappa shape index (κ2) is 11.3. The Balaban J connectivity index is 1.98. The van der Waals surface area contributed by atoms with Gasteiger partial charge in [-0.3, -0.25) is 0 Å². The average Bonchev–Trinajstić information content (AvgIpc) is 2.85. The van der Waals surface area contributed by atoms with Gasteiger partial charge in [0.15, 0.2) is 11.5 Å². The molecule has 3 rings (SSSR count). The second-order valence-corrected chi connectivity index (χ2v) is 7.87. The molecule has 0 bridgehead atoms. The maximum Gasteiger partial charge on any atom is 0.203 e. The molecule has 0 fully saturated rings. The minimum atomic E-state index is 0.146. The molecule has 0 atom stereocenters. The van der Waals surface area contributed by atoms with Crippen LogP contribution in [-0.4, -0.2) is 58.5 Å². The summed E-state index contributed by atoms with van der Waals surface area (Å²) >= 11 is 0. The summed E-state index contributed by atoms with van der Waals surface area (Å²) < 4.78 is 22.2. The van der Waals surface area contributed by atoms with Crippen molar-refractivity contribution in [1.82, 2.24) is 9.88 Å². The molecular formula is C26H30N4O4. The zero-order valence-electron chi connectivity index (χ0n) is 20.2. The zero-order chi connectivity index (χ0) is 24.7. The van der Waals surface area contributed by atoms with Crippen LogP contribution in [0.25, 0.3) is 22.4 Å². The first-order chi connectivity index (χ1) is 16.4. The highest BCUT2D eigenvalue weighted by atomic mass is 16.5. The van der Waals surface area contributed by atoms with E-state index in [1.54, 1.807) is 33.5 Å². The molecule has 2 N–H and O–H groups in total. The van der Waals surface area contributed by atoms with Crippen molar-refractivity contribution in [2.24, 2.45) is 0 Å². The van der Waals surface area contributed by atoms with Gasteiger partial charge in [0.1, 0.15) is 23.2 Å². The van der Waals surface area contributed by atoms with Gasteiger partial charge in [-0.15, -0.1) is 0 Å². The number of anilines is 1. The summed E-state index contributed by atoms with van der Waals surface area (Å²) in [4.78, 5) is 6.58. The third-order valence-electron chi connectivity index (χ3n) is 5.30. The Morgan fingerprint density at radius 1 is 0.941 bits per heavy atom. The summed E-state index contributed by atoms with van der Waals surface area (Å²) in [7, 11) is 8.73. The van der Waals surface area contributed by atoms with E-state index >= 15 is 0 Å². The highest BCUT2D eigenvalue weighted by Crippen LogP contribution is 2.42. The van der Waals surface area contributed by atoms with Crippen LogP contribution >= 0.6 is 0 Å². The van der Waals surface area contributed by atoms with Gasteiger partial charge < -0.3 is 29.6 Å². The van der Waals surface area contributed by atoms with E-state index in [0.29, 0.717) is 46.2 Å². The number of rotatable bonds is 10. The number of nitrogens with two attached hydrogens (primary N) is 1. The van der Waals surface area contributed by atoms with Crippen molar-refractivity contribution in [3.63, 3.8) is 0 Å². The maximum absolute atomic E-state index is 9.74. The Morgan fingerprint density at radius 3 is 2.12 bits per heavy atom. The van der Waals surface area contributed by atoms with Gasteiger partial charge in [0.2, 0.25) is 5.75 Å². The predicted octanol–water partition coefficient (Wildman–Crippen LogP) is 4.23. The minimum absolute atomic E-state index is 0.146. The number of benzene rings is 2. The van der Waals surface area contributed by atoms with E-state index in [2.05, 4.69) is 16.0 Å². The van der Waals surface area contributed by atoms with Gasteiger partial charge in [-0.1, -0.05) is 12.1 Å². The van der Waals surface area contributed by atoms with Gasteiger partial charge in [-0.2, -0.15) is 5.26 Å². The zero-order valence-corrected chi connectivity index (χ0v) is 20.2. The van der Waals surface area contributed by atoms with Crippen LogP contribution in [0.15, 0.2) is 42.5 Å². The molecule has 1 aromatic heterocycles. The van der Waals surface area contributed by atoms with Crippen LogP contribution in [0.1, 0.15) is 12.0 Å². The lowest BCUT2D eigenvalue weighted by Gasteiger charge is -2.15. The van der Waals surface area contributed by atoms with Gasteiger partial charge in [-0.05, 0) is 56.4 Å². The first kappa shape index (κ1) is 24.7. The summed E-state index contributed by atoms with van der Waals surface area (Å²) in [6.45, 7) is 1.60. The summed E-state index contributed by atoms with van der Waals surface area (Å²) in [6, 6.07) is 15.2. The first-order valence-corrected chi connectivity index (χ1v) is 10.8. The summed E-state index contributed by atoms with van der Waals surface area (Å²) in [6.07, 6.45) is 0.937. The normalized spacial score (nSPS) is 10.6. The number of hydrogen-bond acceptors (Lipinski definition) is 8. The van der Waals surface area contributed by atoms with Crippen LogP contribution in [0.5, 0.6) is 23.0 Å². The van der Waals surface area contributed by atoms with Gasteiger partial charge >= 0.3 is 0 Å². The van der Waals surface area contributed by atoms with Gasteiger partial charge in [-0.25, -0.2) is 4.98 Å². The molecule has 178 valence electrons. The van der Waals surface area contributed by atoms with E-state index in [-0.39, 0.29) is 5.82 Å². The molecule has 0 saturated heterocycles. The molecular weight excluding hydrogens is 432 g/mol. The molecule has 0 aliphatic rings. The van der Waals surface area contributed by atoms with Crippen molar-refractivity contribution in [1.29, 1.82) is 5.26 Å². The van der Waals surface area contributed by atoms with Crippen LogP contribution in [-0.2, 0) is 0 Å². The lowest BCUT2D eigenvalue weighted by atomic mass is 9.98. The number of methoxy groups -OCH3 is 3. The van der Waals surface area contributed by atoms with E-state index < -0.39 is 0 Å². The quantitative estimate of drug-likeness (QED) is 0.447. The molecule has 3 aromatic rings. The molecule has 2 aromatic carbocycles. The molecule has 0 saturated carbocycles. The van der Waals surface area contributed by atoms with E-state index in [1.807, 2.05) is 44.4 Å². The first-order valence-electron chi connectivity index (χ1n) is 10.8. The van der Waals surface area contributed by atoms with Gasteiger partial charge in [0.25, 0.3) is 0 Å². The fourth-order valence-electron chi connectivity index (χ4n) is 3.59. The van der Waals surface area contributed by atoms with Crippen molar-refractivity contribution >= 4 is 5.82 Å². The Hall–Kier alpha value is -3.96. The summed E-state index contributed by atoms with van der Waals surface area (Å²) in [5.41, 5.74) is 9.31. The summed E-state index contributed by atoms with van der Waals surface area (Å²) in [5.74, 6) is 2.40. The van der Waals surface area contributed by atoms with Crippen LogP contribution < -0.4 is 24.7 Å². The third-order valence-corrected chi connectivity index (χ3v) is 5.30. The Bertz CT molecular complexity index is 1150. The van der Waals surface area contributed by atoms with Crippen molar-refractivity contribution in [3.05, 3.63) is 48.0 Å². The second-order valence-electron chi connectivity index (χ2n) is 7.87. The molecule has 0 aliphatic heterocycles. The third kappa shape index (κ3) is 5.50. The molecule has 0 unspecified atom stereocenters. The summed E-state index contributed by atoms with van der Waals surface area (Å²) in [5, 5.41) is 9.74. The Kier molecular flexibility index (Phi) is 8.17. The standard InChI is InChI=1S/C26H30N4O4/c1-30(2)11-6-12-34-19-9-7-17(8-10-19)20-15-22(29-26(28)21(20)16-27)18-13-23(31-3)25(33-5)24(14-18)32-4/h7-10,13-15H,6,11-12H2,1-5H3,(H2,28,29). The molecule has 0 amide bonds. The smallest absolute Gasteiger partial charge is 0.203 e. The number of nitrogen functional groups attached to an aromatic ring is 1. The van der Waals surface area contributed by atoms with E-state index in [1.165, 1.54) is 0 Å². The van der Waals surface area contributed by atoms with Gasteiger partial charge in [0, 0.05) is 17.7 Å². The SMILES string of the molecule is COc1cc(-c2cc(-c3ccc(OCCCN(C)C)cc3)c(C#N)c(N)n2)cc(OC)c1OC. The largest absolute Gasteiger partial charge is 0.494 e. The van der Waals surface area contributed by atoms with E-state index in [9.17, 15) is 5.26 Å². The van der Waals surface area contributed by atoms with Crippen LogP contribution in [0.4, 0.5) is 5.82 Å². The number of nitriles is 1. The Morgan fingerprint density at radius 2 is 1.59 bits per heavy atom. The monoisotopic (exact) mass is 462 g/mol. The molecule has 0 spiro atoms. The molecule has 0 radical (unpaired) electrons. The van der Waals surface area contributed by atoms with Crippen LogP contribution in [0, 0.1) is 11.3 Å². The predicted molar refractivity (Wildman–Crippen MR) is 133 cm³/mol. The van der Waals surface area contributed by atoms with Crippen molar-refractivity contribution in [2.75, 3.05) is 54.3 Å². The van der Waals surface area contributed by atoms with Gasteiger partial charge in [0.05, 0.1) is 33.6 Å². The lowest BCUT2D eigenvalue weighted by molar-refractivity contribution is 0.281. The van der Waals surface area contributed by atoms with Crippen LogP contribution in [0.2, 0.25) is 0 Å². The average molecular weight is 463 g/mol. The van der Waals surface area contributed by atoms with E-state index in [4.69, 9.17) is 24.7 Å². The van der Waals surface area contributed by atoms with Crippen LogP contribution in [0.3, 0.4) is 0 Å². The Labute approximate surface area is 200 Å². The molecule has 0 aliphatic carbocycles. The fourth-order valence-corrected chi connectivity index (χ4v) is 3.59. The minimum Gasteiger partial charge on any atom is -0.494 e. The van der Waals surface area contributed by atoms with Crippen molar-refractivity contribution in [2.45, 2.75) is 6.42 Å². The molecule has 8 heteroatoms. The topological polar surface area (TPSA) is 103 Å². The maximum atomic E-state index is 9.74. The van der Waals surface area contributed by atoms with Crippen molar-refractivity contribution < 1.29 is 18.9 Å². The lowest BCUT2D eigenvalue weighted by Crippen LogP contribution is -2.15. The number of ether oxygens (including phenoxy) is 4. The van der Waals surface area contributed by atoms with E-state index in [0.717, 1.165) is 24.3 Å².